The lowest BCUT2D eigenvalue weighted by atomic mass is 10.00. The summed E-state index contributed by atoms with van der Waals surface area (Å²) in [6.45, 7) is 6.76. The number of methoxy groups -OCH3 is 1. The summed E-state index contributed by atoms with van der Waals surface area (Å²) in [7, 11) is 1.68. The molecule has 0 aromatic heterocycles. The number of carbonyl (C=O) groups is 1. The maximum Gasteiger partial charge on any atom is 0.317 e. The Morgan fingerprint density at radius 1 is 1.61 bits per heavy atom. The Morgan fingerprint density at radius 2 is 2.28 bits per heavy atom. The molecule has 18 heavy (non-hydrogen) atoms. The molecule has 1 saturated heterocycles. The second-order valence-corrected chi connectivity index (χ2v) is 5.69. The minimum Gasteiger partial charge on any atom is -0.394 e. The van der Waals surface area contributed by atoms with E-state index in [-0.39, 0.29) is 30.3 Å². The Labute approximate surface area is 109 Å². The maximum absolute atomic E-state index is 12.1. The molecule has 0 spiro atoms. The number of carbonyl (C=O) groups excluding carboxylic acids is 1. The van der Waals surface area contributed by atoms with Crippen LogP contribution in [-0.4, -0.2) is 54.0 Å². The zero-order valence-corrected chi connectivity index (χ0v) is 11.9. The van der Waals surface area contributed by atoms with Gasteiger partial charge in [0.2, 0.25) is 0 Å². The minimum absolute atomic E-state index is 0.0207. The highest BCUT2D eigenvalue weighted by Gasteiger charge is 2.29. The van der Waals surface area contributed by atoms with Crippen LogP contribution < -0.4 is 5.32 Å². The monoisotopic (exact) mass is 258 g/mol. The lowest BCUT2D eigenvalue weighted by Crippen LogP contribution is -2.48. The Bertz CT molecular complexity index is 281. The van der Waals surface area contributed by atoms with Crippen LogP contribution in [0.4, 0.5) is 4.79 Å². The number of urea groups is 1. The van der Waals surface area contributed by atoms with E-state index in [0.717, 1.165) is 25.8 Å². The molecule has 5 nitrogen and oxygen atoms in total. The van der Waals surface area contributed by atoms with Crippen LogP contribution in [0.1, 0.15) is 40.0 Å². The fraction of sp³-hybridized carbons (Fsp3) is 0.923. The van der Waals surface area contributed by atoms with Crippen molar-refractivity contribution >= 4 is 6.03 Å². The number of nitrogens with zero attached hydrogens (tertiary/aromatic N) is 1. The molecule has 0 aliphatic carbocycles. The summed E-state index contributed by atoms with van der Waals surface area (Å²) in [5.74, 6) is 0. The van der Waals surface area contributed by atoms with Gasteiger partial charge in [-0.3, -0.25) is 0 Å². The molecule has 5 heteroatoms. The van der Waals surface area contributed by atoms with E-state index < -0.39 is 0 Å². The molecule has 2 N–H and O–H groups in total. The average molecular weight is 258 g/mol. The average Bonchev–Trinajstić information content (AvgIpc) is 2.76. The zero-order chi connectivity index (χ0) is 13.8. The normalized spacial score (nSPS) is 22.1. The van der Waals surface area contributed by atoms with E-state index in [2.05, 4.69) is 5.32 Å². The van der Waals surface area contributed by atoms with Crippen molar-refractivity contribution in [3.05, 3.63) is 0 Å². The molecular formula is C13H26N2O3. The summed E-state index contributed by atoms with van der Waals surface area (Å²) < 4.78 is 5.35. The number of ether oxygens (including phenoxy) is 1. The first-order chi connectivity index (χ1) is 8.39. The van der Waals surface area contributed by atoms with Gasteiger partial charge in [0.05, 0.1) is 18.2 Å². The number of aliphatic hydroxyl groups excluding tert-OH is 1. The topological polar surface area (TPSA) is 61.8 Å². The zero-order valence-electron chi connectivity index (χ0n) is 11.9. The van der Waals surface area contributed by atoms with E-state index >= 15 is 0 Å². The second-order valence-electron chi connectivity index (χ2n) is 5.69. The van der Waals surface area contributed by atoms with E-state index in [9.17, 15) is 9.90 Å². The molecule has 0 radical (unpaired) electrons. The smallest absolute Gasteiger partial charge is 0.317 e. The molecule has 1 aliphatic heterocycles. The molecule has 1 rings (SSSR count). The summed E-state index contributed by atoms with van der Waals surface area (Å²) in [6, 6.07) is -0.0500. The first-order valence-electron chi connectivity index (χ1n) is 6.63. The number of nitrogens with one attached hydrogen (secondary N) is 1. The summed E-state index contributed by atoms with van der Waals surface area (Å²) in [6.07, 6.45) is 2.62. The van der Waals surface area contributed by atoms with Gasteiger partial charge in [-0.05, 0) is 40.0 Å². The summed E-state index contributed by atoms with van der Waals surface area (Å²) in [5, 5.41) is 12.2. The third kappa shape index (κ3) is 4.14. The predicted molar refractivity (Wildman–Crippen MR) is 70.5 cm³/mol. The standard InChI is InChI=1S/C13H26N2O3/c1-10(8-13(2,3)18-4)14-12(17)15-7-5-6-11(15)9-16/h10-11,16H,5-9H2,1-4H3,(H,14,17)/t10?,11-/m0/s1. The van der Waals surface area contributed by atoms with Crippen LogP contribution >= 0.6 is 0 Å². The molecule has 1 unspecified atom stereocenters. The molecular weight excluding hydrogens is 232 g/mol. The van der Waals surface area contributed by atoms with Crippen LogP contribution in [0.3, 0.4) is 0 Å². The van der Waals surface area contributed by atoms with Crippen molar-refractivity contribution in [1.29, 1.82) is 0 Å². The van der Waals surface area contributed by atoms with Crippen LogP contribution in [0.5, 0.6) is 0 Å². The van der Waals surface area contributed by atoms with Gasteiger partial charge in [0, 0.05) is 19.7 Å². The lowest BCUT2D eigenvalue weighted by Gasteiger charge is -2.30. The van der Waals surface area contributed by atoms with Crippen LogP contribution in [0.15, 0.2) is 0 Å². The molecule has 0 aromatic carbocycles. The lowest BCUT2D eigenvalue weighted by molar-refractivity contribution is 0.00902. The second kappa shape index (κ2) is 6.38. The van der Waals surface area contributed by atoms with E-state index in [1.807, 2.05) is 20.8 Å². The fourth-order valence-corrected chi connectivity index (χ4v) is 2.46. The first kappa shape index (κ1) is 15.2. The van der Waals surface area contributed by atoms with Crippen molar-refractivity contribution < 1.29 is 14.6 Å². The van der Waals surface area contributed by atoms with Crippen LogP contribution in [-0.2, 0) is 4.74 Å². The van der Waals surface area contributed by atoms with Crippen LogP contribution in [0.2, 0.25) is 0 Å². The Hall–Kier alpha value is -0.810. The van der Waals surface area contributed by atoms with Gasteiger partial charge in [0.15, 0.2) is 0 Å². The van der Waals surface area contributed by atoms with Gasteiger partial charge >= 0.3 is 6.03 Å². The molecule has 1 heterocycles. The SMILES string of the molecule is COC(C)(C)CC(C)NC(=O)N1CCC[C@H]1CO. The quantitative estimate of drug-likeness (QED) is 0.782. The molecule has 1 fully saturated rings. The van der Waals surface area contributed by atoms with Crippen LogP contribution in [0, 0.1) is 0 Å². The highest BCUT2D eigenvalue weighted by atomic mass is 16.5. The Kier molecular flexibility index (Phi) is 5.41. The van der Waals surface area contributed by atoms with Crippen LogP contribution in [0.25, 0.3) is 0 Å². The van der Waals surface area contributed by atoms with Gasteiger partial charge in [-0.1, -0.05) is 0 Å². The van der Waals surface area contributed by atoms with Gasteiger partial charge < -0.3 is 20.1 Å². The third-order valence-electron chi connectivity index (χ3n) is 3.57. The van der Waals surface area contributed by atoms with E-state index in [1.165, 1.54) is 0 Å². The largest absolute Gasteiger partial charge is 0.394 e. The van der Waals surface area contributed by atoms with Gasteiger partial charge in [-0.25, -0.2) is 4.79 Å². The van der Waals surface area contributed by atoms with Gasteiger partial charge in [-0.15, -0.1) is 0 Å². The molecule has 0 bridgehead atoms. The third-order valence-corrected chi connectivity index (χ3v) is 3.57. The van der Waals surface area contributed by atoms with Crippen molar-refractivity contribution in [3.63, 3.8) is 0 Å². The number of hydrogen-bond acceptors (Lipinski definition) is 3. The van der Waals surface area contributed by atoms with E-state index in [4.69, 9.17) is 4.74 Å². The Morgan fingerprint density at radius 3 is 2.83 bits per heavy atom. The number of hydrogen-bond donors (Lipinski definition) is 2. The number of rotatable bonds is 5. The molecule has 0 saturated carbocycles. The van der Waals surface area contributed by atoms with Gasteiger partial charge in [-0.2, -0.15) is 0 Å². The maximum atomic E-state index is 12.1. The van der Waals surface area contributed by atoms with Gasteiger partial charge in [0.25, 0.3) is 0 Å². The molecule has 1 aliphatic rings. The fourth-order valence-electron chi connectivity index (χ4n) is 2.46. The summed E-state index contributed by atoms with van der Waals surface area (Å²) >= 11 is 0. The minimum atomic E-state index is -0.242. The van der Waals surface area contributed by atoms with Crippen molar-refractivity contribution in [2.75, 3.05) is 20.3 Å². The summed E-state index contributed by atoms with van der Waals surface area (Å²) in [5.41, 5.74) is -0.242. The van der Waals surface area contributed by atoms with Crippen molar-refractivity contribution in [2.24, 2.45) is 0 Å². The first-order valence-corrected chi connectivity index (χ1v) is 6.63. The van der Waals surface area contributed by atoms with E-state index in [1.54, 1.807) is 12.0 Å². The number of amides is 2. The van der Waals surface area contributed by atoms with Crippen molar-refractivity contribution in [1.82, 2.24) is 10.2 Å². The van der Waals surface area contributed by atoms with Gasteiger partial charge in [0.1, 0.15) is 0 Å². The highest BCUT2D eigenvalue weighted by molar-refractivity contribution is 5.75. The highest BCUT2D eigenvalue weighted by Crippen LogP contribution is 2.18. The summed E-state index contributed by atoms with van der Waals surface area (Å²) in [4.78, 5) is 13.8. The molecule has 2 amide bonds. The van der Waals surface area contributed by atoms with Crippen molar-refractivity contribution in [2.45, 2.75) is 57.7 Å². The molecule has 106 valence electrons. The molecule has 0 aromatic rings. The number of likely N-dealkylation sites (tertiary alicyclic amines) is 1. The predicted octanol–water partition coefficient (Wildman–Crippen LogP) is 1.36. The molecule has 2 atom stereocenters. The number of aliphatic hydroxyl groups is 1. The Balaban J connectivity index is 2.44. The van der Waals surface area contributed by atoms with E-state index in [0.29, 0.717) is 0 Å². The van der Waals surface area contributed by atoms with Crippen molar-refractivity contribution in [3.8, 4) is 0 Å².